The van der Waals surface area contributed by atoms with Gasteiger partial charge in [0.25, 0.3) is 5.91 Å². The van der Waals surface area contributed by atoms with Crippen LogP contribution < -0.4 is 5.32 Å². The number of terminal acetylenes is 1. The van der Waals surface area contributed by atoms with Crippen molar-refractivity contribution in [3.05, 3.63) is 89.5 Å². The molecule has 2 nitrogen and oxygen atoms in total. The van der Waals surface area contributed by atoms with Gasteiger partial charge in [0.1, 0.15) is 0 Å². The molecule has 3 aromatic carbocycles. The Morgan fingerprint density at radius 3 is 2.11 bits per heavy atom. The minimum Gasteiger partial charge on any atom is -0.322 e. The molecule has 0 unspecified atom stereocenters. The van der Waals surface area contributed by atoms with Crippen molar-refractivity contribution in [3.63, 3.8) is 0 Å². The molecule has 0 spiro atoms. The molecule has 0 aliphatic carbocycles. The first-order valence-electron chi connectivity index (χ1n) is 8.03. The third-order valence-corrected chi connectivity index (χ3v) is 4.00. The van der Waals surface area contributed by atoms with Crippen molar-refractivity contribution >= 4 is 11.6 Å². The van der Waals surface area contributed by atoms with Gasteiger partial charge in [-0.15, -0.1) is 6.42 Å². The van der Waals surface area contributed by atoms with Gasteiger partial charge < -0.3 is 5.32 Å². The third-order valence-electron chi connectivity index (χ3n) is 4.00. The Morgan fingerprint density at radius 2 is 1.52 bits per heavy atom. The standard InChI is InChI=1S/C22H14F3NO/c1-2-15-7-13-18(14-8-15)26-21(27)20-6-4-3-5-19(20)16-9-11-17(12-10-16)22(23,24)25/h1,3-14H,(H,26,27). The zero-order valence-corrected chi connectivity index (χ0v) is 14.0. The maximum Gasteiger partial charge on any atom is 0.416 e. The summed E-state index contributed by atoms with van der Waals surface area (Å²) in [4.78, 5) is 12.7. The average Bonchev–Trinajstić information content (AvgIpc) is 2.68. The normalized spacial score (nSPS) is 10.9. The number of carbonyl (C=O) groups is 1. The smallest absolute Gasteiger partial charge is 0.322 e. The van der Waals surface area contributed by atoms with Crippen LogP contribution in [0.1, 0.15) is 21.5 Å². The fourth-order valence-corrected chi connectivity index (χ4v) is 2.62. The fourth-order valence-electron chi connectivity index (χ4n) is 2.62. The Kier molecular flexibility index (Phi) is 5.00. The van der Waals surface area contributed by atoms with E-state index in [9.17, 15) is 18.0 Å². The predicted octanol–water partition coefficient (Wildman–Crippen LogP) is 5.61. The summed E-state index contributed by atoms with van der Waals surface area (Å²) < 4.78 is 38.2. The van der Waals surface area contributed by atoms with Crippen molar-refractivity contribution in [2.75, 3.05) is 5.32 Å². The highest BCUT2D eigenvalue weighted by atomic mass is 19.4. The molecule has 0 saturated carbocycles. The number of halogens is 3. The highest BCUT2D eigenvalue weighted by molar-refractivity contribution is 6.08. The molecule has 27 heavy (non-hydrogen) atoms. The number of hydrogen-bond donors (Lipinski definition) is 1. The summed E-state index contributed by atoms with van der Waals surface area (Å²) in [6.07, 6.45) is 0.903. The van der Waals surface area contributed by atoms with Crippen molar-refractivity contribution in [1.29, 1.82) is 0 Å². The van der Waals surface area contributed by atoms with E-state index in [2.05, 4.69) is 11.2 Å². The van der Waals surface area contributed by atoms with E-state index >= 15 is 0 Å². The second-order valence-corrected chi connectivity index (χ2v) is 5.80. The molecule has 3 rings (SSSR count). The van der Waals surface area contributed by atoms with Gasteiger partial charge in [0.15, 0.2) is 0 Å². The molecule has 1 N–H and O–H groups in total. The van der Waals surface area contributed by atoms with Gasteiger partial charge in [0, 0.05) is 16.8 Å². The van der Waals surface area contributed by atoms with Crippen LogP contribution in [0.5, 0.6) is 0 Å². The van der Waals surface area contributed by atoms with E-state index in [1.54, 1.807) is 48.5 Å². The lowest BCUT2D eigenvalue weighted by molar-refractivity contribution is -0.137. The van der Waals surface area contributed by atoms with Gasteiger partial charge in [0.05, 0.1) is 5.56 Å². The Morgan fingerprint density at radius 1 is 0.889 bits per heavy atom. The van der Waals surface area contributed by atoms with Gasteiger partial charge >= 0.3 is 6.18 Å². The number of anilines is 1. The van der Waals surface area contributed by atoms with Crippen LogP contribution in [0, 0.1) is 12.3 Å². The number of hydrogen-bond acceptors (Lipinski definition) is 1. The van der Waals surface area contributed by atoms with E-state index in [-0.39, 0.29) is 5.91 Å². The molecule has 0 fully saturated rings. The molecule has 3 aromatic rings. The summed E-state index contributed by atoms with van der Waals surface area (Å²) in [7, 11) is 0. The first kappa shape index (κ1) is 18.3. The van der Waals surface area contributed by atoms with Crippen molar-refractivity contribution in [1.82, 2.24) is 0 Å². The van der Waals surface area contributed by atoms with Crippen molar-refractivity contribution < 1.29 is 18.0 Å². The number of benzene rings is 3. The highest BCUT2D eigenvalue weighted by Crippen LogP contribution is 2.32. The van der Waals surface area contributed by atoms with Crippen LogP contribution in [0.3, 0.4) is 0 Å². The highest BCUT2D eigenvalue weighted by Gasteiger charge is 2.30. The SMILES string of the molecule is C#Cc1ccc(NC(=O)c2ccccc2-c2ccc(C(F)(F)F)cc2)cc1. The molecular formula is C22H14F3NO. The zero-order valence-electron chi connectivity index (χ0n) is 14.0. The van der Waals surface area contributed by atoms with Crippen molar-refractivity contribution in [2.45, 2.75) is 6.18 Å². The number of rotatable bonds is 3. The van der Waals surface area contributed by atoms with E-state index in [1.807, 2.05) is 0 Å². The van der Waals surface area contributed by atoms with Crippen LogP contribution in [-0.2, 0) is 6.18 Å². The van der Waals surface area contributed by atoms with Crippen LogP contribution in [0.2, 0.25) is 0 Å². The fraction of sp³-hybridized carbons (Fsp3) is 0.0455. The summed E-state index contributed by atoms with van der Waals surface area (Å²) in [5, 5.41) is 2.77. The van der Waals surface area contributed by atoms with Crippen LogP contribution in [-0.4, -0.2) is 5.91 Å². The lowest BCUT2D eigenvalue weighted by atomic mass is 9.98. The molecular weight excluding hydrogens is 351 g/mol. The maximum absolute atomic E-state index is 12.7. The van der Waals surface area contributed by atoms with Gasteiger partial charge in [0.2, 0.25) is 0 Å². The summed E-state index contributed by atoms with van der Waals surface area (Å²) in [6, 6.07) is 18.3. The number of alkyl halides is 3. The van der Waals surface area contributed by atoms with Gasteiger partial charge in [-0.2, -0.15) is 13.2 Å². The summed E-state index contributed by atoms with van der Waals surface area (Å²) in [5.74, 6) is 2.13. The topological polar surface area (TPSA) is 29.1 Å². The molecule has 5 heteroatoms. The quantitative estimate of drug-likeness (QED) is 0.601. The first-order valence-corrected chi connectivity index (χ1v) is 8.03. The molecule has 0 aliphatic rings. The van der Waals surface area contributed by atoms with Gasteiger partial charge in [-0.1, -0.05) is 36.3 Å². The maximum atomic E-state index is 12.7. The molecule has 0 atom stereocenters. The molecule has 0 heterocycles. The number of amides is 1. The molecule has 0 saturated heterocycles. The average molecular weight is 365 g/mol. The summed E-state index contributed by atoms with van der Waals surface area (Å²) >= 11 is 0. The van der Waals surface area contributed by atoms with Gasteiger partial charge in [-0.25, -0.2) is 0 Å². The number of carbonyl (C=O) groups excluding carboxylic acids is 1. The Hall–Kier alpha value is -3.52. The summed E-state index contributed by atoms with van der Waals surface area (Å²) in [6.45, 7) is 0. The van der Waals surface area contributed by atoms with Crippen molar-refractivity contribution in [3.8, 4) is 23.5 Å². The Bertz CT molecular complexity index is 997. The van der Waals surface area contributed by atoms with E-state index in [1.165, 1.54) is 12.1 Å². The summed E-state index contributed by atoms with van der Waals surface area (Å²) in [5.41, 5.74) is 1.96. The lowest BCUT2D eigenvalue weighted by Crippen LogP contribution is -2.13. The lowest BCUT2D eigenvalue weighted by Gasteiger charge is -2.12. The molecule has 0 bridgehead atoms. The van der Waals surface area contributed by atoms with E-state index in [0.717, 1.165) is 12.1 Å². The molecule has 0 aliphatic heterocycles. The Balaban J connectivity index is 1.89. The van der Waals surface area contributed by atoms with Crippen LogP contribution in [0.25, 0.3) is 11.1 Å². The first-order chi connectivity index (χ1) is 12.9. The van der Waals surface area contributed by atoms with Gasteiger partial charge in [-0.05, 0) is 53.6 Å². The van der Waals surface area contributed by atoms with Crippen LogP contribution in [0.15, 0.2) is 72.8 Å². The van der Waals surface area contributed by atoms with Crippen LogP contribution >= 0.6 is 0 Å². The third kappa shape index (κ3) is 4.18. The molecule has 0 aromatic heterocycles. The van der Waals surface area contributed by atoms with Crippen molar-refractivity contribution in [2.24, 2.45) is 0 Å². The molecule has 134 valence electrons. The second-order valence-electron chi connectivity index (χ2n) is 5.80. The molecule has 0 radical (unpaired) electrons. The number of nitrogens with one attached hydrogen (secondary N) is 1. The minimum absolute atomic E-state index is 0.360. The largest absolute Gasteiger partial charge is 0.416 e. The second kappa shape index (κ2) is 7.38. The van der Waals surface area contributed by atoms with E-state index in [4.69, 9.17) is 6.42 Å². The van der Waals surface area contributed by atoms with E-state index in [0.29, 0.717) is 27.9 Å². The Labute approximate surface area is 154 Å². The zero-order chi connectivity index (χ0) is 19.4. The van der Waals surface area contributed by atoms with Gasteiger partial charge in [-0.3, -0.25) is 4.79 Å². The minimum atomic E-state index is -4.40. The monoisotopic (exact) mass is 365 g/mol. The van der Waals surface area contributed by atoms with E-state index < -0.39 is 11.7 Å². The predicted molar refractivity (Wildman–Crippen MR) is 99.2 cm³/mol. The molecule has 1 amide bonds. The van der Waals surface area contributed by atoms with Crippen LogP contribution in [0.4, 0.5) is 18.9 Å².